The number of anilines is 1. The van der Waals surface area contributed by atoms with Crippen molar-refractivity contribution in [3.05, 3.63) is 63.3 Å². The van der Waals surface area contributed by atoms with Gasteiger partial charge in [0, 0.05) is 12.2 Å². The third-order valence-corrected chi connectivity index (χ3v) is 7.55. The Morgan fingerprint density at radius 2 is 1.88 bits per heavy atom. The number of Topliss-reactive ketones (excluding diaryl/α,β-unsaturated/α-hetero) is 1. The van der Waals surface area contributed by atoms with Gasteiger partial charge in [-0.05, 0) is 29.9 Å². The molecule has 2 heterocycles. The van der Waals surface area contributed by atoms with E-state index < -0.39 is 15.8 Å². The molecule has 1 N–H and O–H groups in total. The lowest BCUT2D eigenvalue weighted by Crippen LogP contribution is -2.39. The number of rotatable bonds is 4. The summed E-state index contributed by atoms with van der Waals surface area (Å²) in [5, 5.41) is 4.93. The number of benzene rings is 1. The Morgan fingerprint density at radius 1 is 1.15 bits per heavy atom. The number of hydrogen-bond acceptors (Lipinski definition) is 5. The van der Waals surface area contributed by atoms with E-state index >= 15 is 0 Å². The van der Waals surface area contributed by atoms with E-state index in [1.807, 2.05) is 30.3 Å². The van der Waals surface area contributed by atoms with Crippen molar-refractivity contribution >= 4 is 32.8 Å². The van der Waals surface area contributed by atoms with Gasteiger partial charge in [-0.2, -0.15) is 0 Å². The van der Waals surface area contributed by atoms with Crippen LogP contribution in [0.3, 0.4) is 0 Å². The van der Waals surface area contributed by atoms with Gasteiger partial charge in [0.05, 0.1) is 12.2 Å². The minimum Gasteiger partial charge on any atom is -0.387 e. The van der Waals surface area contributed by atoms with Gasteiger partial charge in [-0.15, -0.1) is 11.3 Å². The van der Waals surface area contributed by atoms with Gasteiger partial charge < -0.3 is 5.32 Å². The molecule has 4 rings (SSSR count). The first-order chi connectivity index (χ1) is 12.6. The highest BCUT2D eigenvalue weighted by molar-refractivity contribution is 7.97. The molecular weight excluding hydrogens is 368 g/mol. The Bertz CT molecular complexity index is 942. The second-order valence-electron chi connectivity index (χ2n) is 6.62. The molecular formula is C19H20N2O3S2. The topological polar surface area (TPSA) is 66.5 Å². The number of carbonyl (C=O) groups excluding carboxylic acids is 1. The van der Waals surface area contributed by atoms with E-state index in [0.29, 0.717) is 10.6 Å². The van der Waals surface area contributed by atoms with Crippen LogP contribution in [-0.4, -0.2) is 20.2 Å². The first-order valence-corrected chi connectivity index (χ1v) is 11.0. The number of nitrogens with one attached hydrogen (secondary N) is 1. The highest BCUT2D eigenvalue weighted by Gasteiger charge is 2.41. The van der Waals surface area contributed by atoms with Crippen molar-refractivity contribution in [1.82, 2.24) is 5.32 Å². The molecule has 0 unspecified atom stereocenters. The Hall–Kier alpha value is -2.12. The number of fused-ring (bicyclic) bond motifs is 1. The summed E-state index contributed by atoms with van der Waals surface area (Å²) in [5.41, 5.74) is 1.35. The monoisotopic (exact) mass is 388 g/mol. The molecule has 26 heavy (non-hydrogen) atoms. The molecule has 0 atom stereocenters. The Balaban J connectivity index is 1.72. The van der Waals surface area contributed by atoms with Gasteiger partial charge in [0.1, 0.15) is 4.88 Å². The number of thiophene rings is 1. The summed E-state index contributed by atoms with van der Waals surface area (Å²) in [6, 6.07) is 11.4. The third-order valence-electron chi connectivity index (χ3n) is 4.89. The van der Waals surface area contributed by atoms with E-state index in [-0.39, 0.29) is 17.5 Å². The fourth-order valence-electron chi connectivity index (χ4n) is 3.49. The summed E-state index contributed by atoms with van der Waals surface area (Å²) in [7, 11) is -3.90. The first-order valence-electron chi connectivity index (χ1n) is 8.72. The van der Waals surface area contributed by atoms with Crippen LogP contribution in [0.2, 0.25) is 0 Å². The fourth-order valence-corrected chi connectivity index (χ4v) is 5.98. The van der Waals surface area contributed by atoms with E-state index in [1.165, 1.54) is 21.8 Å². The van der Waals surface area contributed by atoms with Crippen molar-refractivity contribution in [2.24, 2.45) is 0 Å². The van der Waals surface area contributed by atoms with Crippen LogP contribution in [0.25, 0.3) is 0 Å². The lowest BCUT2D eigenvalue weighted by Gasteiger charge is -2.29. The van der Waals surface area contributed by atoms with E-state index in [0.717, 1.165) is 31.2 Å². The summed E-state index contributed by atoms with van der Waals surface area (Å²) in [6.07, 6.45) is 5.72. The quantitative estimate of drug-likeness (QED) is 0.812. The predicted octanol–water partition coefficient (Wildman–Crippen LogP) is 3.65. The lowest BCUT2D eigenvalue weighted by molar-refractivity contribution is 0.104. The van der Waals surface area contributed by atoms with Crippen LogP contribution in [0.4, 0.5) is 5.69 Å². The molecule has 7 heteroatoms. The summed E-state index contributed by atoms with van der Waals surface area (Å²) in [4.78, 5) is 13.1. The molecule has 1 aromatic carbocycles. The van der Waals surface area contributed by atoms with E-state index in [9.17, 15) is 13.2 Å². The molecule has 0 amide bonds. The van der Waals surface area contributed by atoms with Gasteiger partial charge in [-0.25, -0.2) is 8.42 Å². The largest absolute Gasteiger partial charge is 0.387 e. The molecule has 1 aliphatic carbocycles. The molecule has 2 aromatic rings. The van der Waals surface area contributed by atoms with Gasteiger partial charge in [-0.1, -0.05) is 43.2 Å². The van der Waals surface area contributed by atoms with E-state index in [2.05, 4.69) is 5.32 Å². The minimum absolute atomic E-state index is 0.157. The number of carbonyl (C=O) groups is 1. The second-order valence-corrected chi connectivity index (χ2v) is 9.36. The standard InChI is InChI=1S/C19H20N2O3S2/c22-18-17(12-20-15-8-4-5-9-15)26(23,24)21(16-10-11-25-19(16)18)13-14-6-2-1-3-7-14/h1-3,6-7,10-12,15,20H,4-5,8-9,13H2/b17-12-. The summed E-state index contributed by atoms with van der Waals surface area (Å²) < 4.78 is 27.7. The van der Waals surface area contributed by atoms with Gasteiger partial charge in [-0.3, -0.25) is 9.10 Å². The zero-order valence-electron chi connectivity index (χ0n) is 14.2. The molecule has 1 fully saturated rings. The van der Waals surface area contributed by atoms with Gasteiger partial charge in [0.2, 0.25) is 5.78 Å². The molecule has 136 valence electrons. The van der Waals surface area contributed by atoms with Gasteiger partial charge >= 0.3 is 0 Å². The maximum atomic E-state index is 13.2. The number of nitrogens with zero attached hydrogens (tertiary/aromatic N) is 1. The number of hydrogen-bond donors (Lipinski definition) is 1. The molecule has 1 aliphatic heterocycles. The lowest BCUT2D eigenvalue weighted by atomic mass is 10.2. The van der Waals surface area contributed by atoms with E-state index in [1.54, 1.807) is 11.4 Å². The zero-order chi connectivity index (χ0) is 18.1. The van der Waals surface area contributed by atoms with Crippen LogP contribution in [0.1, 0.15) is 40.9 Å². The van der Waals surface area contributed by atoms with Crippen LogP contribution in [0, 0.1) is 0 Å². The molecule has 0 saturated heterocycles. The Kier molecular flexibility index (Phi) is 4.58. The zero-order valence-corrected chi connectivity index (χ0v) is 15.9. The number of ketones is 1. The van der Waals surface area contributed by atoms with Crippen molar-refractivity contribution in [2.75, 3.05) is 4.31 Å². The second kappa shape index (κ2) is 6.89. The summed E-state index contributed by atoms with van der Waals surface area (Å²) in [5.74, 6) is -0.412. The van der Waals surface area contributed by atoms with Crippen LogP contribution in [0.15, 0.2) is 52.9 Å². The van der Waals surface area contributed by atoms with Crippen molar-refractivity contribution in [1.29, 1.82) is 0 Å². The maximum absolute atomic E-state index is 13.2. The molecule has 5 nitrogen and oxygen atoms in total. The predicted molar refractivity (Wildman–Crippen MR) is 104 cm³/mol. The smallest absolute Gasteiger partial charge is 0.270 e. The Morgan fingerprint density at radius 3 is 2.62 bits per heavy atom. The first kappa shape index (κ1) is 17.3. The minimum atomic E-state index is -3.90. The van der Waals surface area contributed by atoms with Crippen molar-refractivity contribution in [3.63, 3.8) is 0 Å². The SMILES string of the molecule is O=C1/C(=C/NC2CCCC2)S(=O)(=O)N(Cc2ccccc2)c2ccsc21. The maximum Gasteiger partial charge on any atom is 0.270 e. The fraction of sp³-hybridized carbons (Fsp3) is 0.316. The normalized spacial score (nSPS) is 21.2. The van der Waals surface area contributed by atoms with E-state index in [4.69, 9.17) is 0 Å². The molecule has 0 spiro atoms. The molecule has 1 saturated carbocycles. The average Bonchev–Trinajstić information content (AvgIpc) is 3.31. The molecule has 0 radical (unpaired) electrons. The summed E-state index contributed by atoms with van der Waals surface area (Å²) in [6.45, 7) is 0.209. The third kappa shape index (κ3) is 3.05. The molecule has 1 aromatic heterocycles. The van der Waals surface area contributed by atoms with Gasteiger partial charge in [0.25, 0.3) is 10.0 Å². The van der Waals surface area contributed by atoms with Crippen molar-refractivity contribution in [2.45, 2.75) is 38.3 Å². The van der Waals surface area contributed by atoms with Crippen molar-refractivity contribution < 1.29 is 13.2 Å². The highest BCUT2D eigenvalue weighted by atomic mass is 32.2. The van der Waals surface area contributed by atoms with Crippen LogP contribution in [-0.2, 0) is 16.6 Å². The average molecular weight is 389 g/mol. The highest BCUT2D eigenvalue weighted by Crippen LogP contribution is 2.39. The number of allylic oxidation sites excluding steroid dienone is 1. The van der Waals surface area contributed by atoms with Crippen LogP contribution >= 0.6 is 11.3 Å². The van der Waals surface area contributed by atoms with Crippen LogP contribution < -0.4 is 9.62 Å². The van der Waals surface area contributed by atoms with Crippen LogP contribution in [0.5, 0.6) is 0 Å². The molecule has 0 bridgehead atoms. The van der Waals surface area contributed by atoms with Crippen molar-refractivity contribution in [3.8, 4) is 0 Å². The van der Waals surface area contributed by atoms with Gasteiger partial charge in [0.15, 0.2) is 4.91 Å². The number of sulfonamides is 1. The summed E-state index contributed by atoms with van der Waals surface area (Å²) >= 11 is 1.29. The molecule has 2 aliphatic rings. The Labute approximate surface area is 157 Å².